The van der Waals surface area contributed by atoms with Gasteiger partial charge in [0.15, 0.2) is 5.96 Å². The van der Waals surface area contributed by atoms with Crippen molar-refractivity contribution in [3.05, 3.63) is 30.3 Å². The summed E-state index contributed by atoms with van der Waals surface area (Å²) in [5.74, 6) is 1.64. The molecule has 0 spiro atoms. The van der Waals surface area contributed by atoms with E-state index >= 15 is 0 Å². The molecular formula is C21H36IN5. The van der Waals surface area contributed by atoms with E-state index in [1.54, 1.807) is 0 Å². The topological polar surface area (TPSA) is 34.1 Å². The minimum absolute atomic E-state index is 0. The molecule has 1 aromatic carbocycles. The number of para-hydroxylation sites is 1. The Labute approximate surface area is 182 Å². The summed E-state index contributed by atoms with van der Waals surface area (Å²) in [4.78, 5) is 12.4. The first-order valence-corrected chi connectivity index (χ1v) is 10.2. The number of nitrogens with one attached hydrogen (secondary N) is 1. The normalized spacial score (nSPS) is 20.8. The van der Waals surface area contributed by atoms with Gasteiger partial charge in [0.2, 0.25) is 0 Å². The van der Waals surface area contributed by atoms with Gasteiger partial charge in [0.1, 0.15) is 0 Å². The summed E-state index contributed by atoms with van der Waals surface area (Å²) in [6.45, 7) is 11.3. The van der Waals surface area contributed by atoms with Crippen LogP contribution < -0.4 is 5.32 Å². The fourth-order valence-corrected chi connectivity index (χ4v) is 3.75. The molecule has 0 saturated carbocycles. The van der Waals surface area contributed by atoms with Gasteiger partial charge in [0, 0.05) is 58.0 Å². The number of piperidine rings is 1. The first-order chi connectivity index (χ1) is 12.7. The summed E-state index contributed by atoms with van der Waals surface area (Å²) < 4.78 is 0. The maximum Gasteiger partial charge on any atom is 0.198 e. The zero-order valence-electron chi connectivity index (χ0n) is 16.9. The zero-order valence-corrected chi connectivity index (χ0v) is 19.3. The Balaban J connectivity index is 0.00000261. The van der Waals surface area contributed by atoms with E-state index in [0.29, 0.717) is 5.92 Å². The van der Waals surface area contributed by atoms with Crippen molar-refractivity contribution in [2.24, 2.45) is 10.9 Å². The molecule has 2 aliphatic rings. The summed E-state index contributed by atoms with van der Waals surface area (Å²) in [6.07, 6.45) is 3.88. The number of likely N-dealkylation sites (N-methyl/N-ethyl adjacent to an activating group) is 1. The number of halogens is 1. The van der Waals surface area contributed by atoms with Gasteiger partial charge in [-0.3, -0.25) is 4.99 Å². The molecule has 2 fully saturated rings. The molecule has 152 valence electrons. The van der Waals surface area contributed by atoms with Gasteiger partial charge in [-0.05, 0) is 44.4 Å². The molecule has 0 aliphatic carbocycles. The standard InChI is InChI=1S/C21H35N5.HI/c1-19(18-25-15-13-24(2)14-16-25)17-22-21(26-11-7-4-8-12-26)23-20-9-5-3-6-10-20;/h3,5-6,9-10,19H,4,7-8,11-18H2,1-2H3,(H,22,23);1H. The average Bonchev–Trinajstić information content (AvgIpc) is 2.68. The highest BCUT2D eigenvalue weighted by Crippen LogP contribution is 2.13. The van der Waals surface area contributed by atoms with Crippen LogP contribution in [0.3, 0.4) is 0 Å². The molecule has 2 saturated heterocycles. The van der Waals surface area contributed by atoms with Gasteiger partial charge in [-0.25, -0.2) is 0 Å². The van der Waals surface area contributed by atoms with E-state index in [2.05, 4.69) is 64.3 Å². The van der Waals surface area contributed by atoms with Crippen LogP contribution in [-0.2, 0) is 0 Å². The molecular weight excluding hydrogens is 449 g/mol. The third-order valence-corrected chi connectivity index (χ3v) is 5.40. The molecule has 1 N–H and O–H groups in total. The minimum Gasteiger partial charge on any atom is -0.343 e. The second kappa shape index (κ2) is 11.9. The molecule has 6 heteroatoms. The molecule has 2 aliphatic heterocycles. The molecule has 0 bridgehead atoms. The van der Waals surface area contributed by atoms with Crippen LogP contribution in [0.25, 0.3) is 0 Å². The van der Waals surface area contributed by atoms with Crippen LogP contribution in [0.1, 0.15) is 26.2 Å². The Morgan fingerprint density at radius 3 is 2.33 bits per heavy atom. The van der Waals surface area contributed by atoms with E-state index in [1.807, 2.05) is 0 Å². The van der Waals surface area contributed by atoms with Crippen molar-refractivity contribution in [3.63, 3.8) is 0 Å². The summed E-state index contributed by atoms with van der Waals surface area (Å²) in [7, 11) is 2.21. The highest BCUT2D eigenvalue weighted by atomic mass is 127. The average molecular weight is 485 g/mol. The number of hydrogen-bond acceptors (Lipinski definition) is 3. The largest absolute Gasteiger partial charge is 0.343 e. The fraction of sp³-hybridized carbons (Fsp3) is 0.667. The minimum atomic E-state index is 0. The zero-order chi connectivity index (χ0) is 18.2. The molecule has 5 nitrogen and oxygen atoms in total. The monoisotopic (exact) mass is 485 g/mol. The lowest BCUT2D eigenvalue weighted by molar-refractivity contribution is 0.140. The predicted octanol–water partition coefficient (Wildman–Crippen LogP) is 3.44. The molecule has 2 heterocycles. The SMILES string of the molecule is CC(CN=C(Nc1ccccc1)N1CCCCC1)CN1CCN(C)CC1.I. The van der Waals surface area contributed by atoms with Crippen LogP contribution >= 0.6 is 24.0 Å². The summed E-state index contributed by atoms with van der Waals surface area (Å²) in [6, 6.07) is 10.4. The number of likely N-dealkylation sites (tertiary alicyclic amines) is 1. The van der Waals surface area contributed by atoms with Crippen LogP contribution in [0.2, 0.25) is 0 Å². The second-order valence-electron chi connectivity index (χ2n) is 7.91. The molecule has 1 unspecified atom stereocenters. The fourth-order valence-electron chi connectivity index (χ4n) is 3.75. The molecule has 0 radical (unpaired) electrons. The van der Waals surface area contributed by atoms with Crippen LogP contribution in [0.5, 0.6) is 0 Å². The molecule has 0 aromatic heterocycles. The number of guanidine groups is 1. The number of anilines is 1. The number of aliphatic imine (C=N–C) groups is 1. The number of benzene rings is 1. The lowest BCUT2D eigenvalue weighted by Crippen LogP contribution is -2.46. The Kier molecular flexibility index (Phi) is 9.86. The smallest absolute Gasteiger partial charge is 0.198 e. The van der Waals surface area contributed by atoms with E-state index in [1.165, 1.54) is 45.4 Å². The van der Waals surface area contributed by atoms with Gasteiger partial charge in [-0.2, -0.15) is 0 Å². The van der Waals surface area contributed by atoms with Crippen molar-refractivity contribution in [3.8, 4) is 0 Å². The van der Waals surface area contributed by atoms with Crippen molar-refractivity contribution >= 4 is 35.6 Å². The summed E-state index contributed by atoms with van der Waals surface area (Å²) in [5, 5.41) is 3.57. The van der Waals surface area contributed by atoms with Crippen molar-refractivity contribution in [1.29, 1.82) is 0 Å². The summed E-state index contributed by atoms with van der Waals surface area (Å²) >= 11 is 0. The van der Waals surface area contributed by atoms with E-state index in [-0.39, 0.29) is 24.0 Å². The predicted molar refractivity (Wildman–Crippen MR) is 126 cm³/mol. The molecule has 3 rings (SSSR count). The first kappa shape index (κ1) is 22.4. The summed E-state index contributed by atoms with van der Waals surface area (Å²) in [5.41, 5.74) is 1.13. The van der Waals surface area contributed by atoms with Crippen molar-refractivity contribution < 1.29 is 0 Å². The molecule has 27 heavy (non-hydrogen) atoms. The van der Waals surface area contributed by atoms with Crippen molar-refractivity contribution in [1.82, 2.24) is 14.7 Å². The maximum absolute atomic E-state index is 5.02. The number of hydrogen-bond donors (Lipinski definition) is 1. The quantitative estimate of drug-likeness (QED) is 0.394. The highest BCUT2D eigenvalue weighted by Gasteiger charge is 2.18. The Morgan fingerprint density at radius 1 is 1.00 bits per heavy atom. The highest BCUT2D eigenvalue weighted by molar-refractivity contribution is 14.0. The van der Waals surface area contributed by atoms with Crippen LogP contribution in [0.15, 0.2) is 35.3 Å². The third kappa shape index (κ3) is 7.58. The third-order valence-electron chi connectivity index (χ3n) is 5.40. The van der Waals surface area contributed by atoms with Gasteiger partial charge in [-0.15, -0.1) is 24.0 Å². The lowest BCUT2D eigenvalue weighted by Gasteiger charge is -2.34. The van der Waals surface area contributed by atoms with E-state index in [9.17, 15) is 0 Å². The Morgan fingerprint density at radius 2 is 1.67 bits per heavy atom. The Hall–Kier alpha value is -0.860. The number of rotatable bonds is 5. The maximum atomic E-state index is 5.02. The number of piperazine rings is 1. The van der Waals surface area contributed by atoms with Crippen LogP contribution in [-0.4, -0.2) is 80.1 Å². The van der Waals surface area contributed by atoms with Crippen LogP contribution in [0, 0.1) is 5.92 Å². The first-order valence-electron chi connectivity index (χ1n) is 10.2. The molecule has 1 atom stereocenters. The van der Waals surface area contributed by atoms with Gasteiger partial charge in [0.05, 0.1) is 0 Å². The van der Waals surface area contributed by atoms with E-state index < -0.39 is 0 Å². The van der Waals surface area contributed by atoms with Crippen molar-refractivity contribution in [2.45, 2.75) is 26.2 Å². The van der Waals surface area contributed by atoms with Gasteiger partial charge < -0.3 is 20.0 Å². The van der Waals surface area contributed by atoms with Crippen LogP contribution in [0.4, 0.5) is 5.69 Å². The Bertz CT molecular complexity index is 551. The van der Waals surface area contributed by atoms with E-state index in [4.69, 9.17) is 4.99 Å². The van der Waals surface area contributed by atoms with Gasteiger partial charge in [-0.1, -0.05) is 25.1 Å². The van der Waals surface area contributed by atoms with Gasteiger partial charge >= 0.3 is 0 Å². The lowest BCUT2D eigenvalue weighted by atomic mass is 10.1. The van der Waals surface area contributed by atoms with Crippen molar-refractivity contribution in [2.75, 3.05) is 64.7 Å². The molecule has 1 aromatic rings. The molecule has 0 amide bonds. The second-order valence-corrected chi connectivity index (χ2v) is 7.91. The number of nitrogens with zero attached hydrogens (tertiary/aromatic N) is 4. The van der Waals surface area contributed by atoms with E-state index in [0.717, 1.165) is 37.8 Å². The van der Waals surface area contributed by atoms with Gasteiger partial charge in [0.25, 0.3) is 0 Å².